The van der Waals surface area contributed by atoms with Crippen LogP contribution in [0.25, 0.3) is 0 Å². The first-order valence-corrected chi connectivity index (χ1v) is 7.67. The van der Waals surface area contributed by atoms with Crippen molar-refractivity contribution in [3.8, 4) is 0 Å². The van der Waals surface area contributed by atoms with Gasteiger partial charge < -0.3 is 9.80 Å². The Balaban J connectivity index is 1.63. The van der Waals surface area contributed by atoms with E-state index in [4.69, 9.17) is 0 Å². The molecule has 4 heteroatoms. The van der Waals surface area contributed by atoms with Crippen molar-refractivity contribution in [1.82, 2.24) is 10.2 Å². The lowest BCUT2D eigenvalue weighted by Gasteiger charge is -2.37. The Morgan fingerprint density at radius 1 is 1.19 bits per heavy atom. The molecule has 4 nitrogen and oxygen atoms in total. The van der Waals surface area contributed by atoms with E-state index in [1.165, 1.54) is 16.8 Å². The number of piperazine rings is 1. The minimum Gasteiger partial charge on any atom is -0.368 e. The molecule has 1 aromatic carbocycles. The normalized spacial score (nSPS) is 21.9. The zero-order valence-corrected chi connectivity index (χ0v) is 12.8. The fourth-order valence-electron chi connectivity index (χ4n) is 3.08. The molecule has 1 fully saturated rings. The molecule has 112 valence electrons. The van der Waals surface area contributed by atoms with Crippen LogP contribution in [0.1, 0.15) is 11.1 Å². The number of nitrogens with one attached hydrogen (secondary N) is 1. The van der Waals surface area contributed by atoms with Crippen LogP contribution >= 0.6 is 0 Å². The molecule has 1 unspecified atom stereocenters. The highest BCUT2D eigenvalue weighted by Gasteiger charge is 2.27. The standard InChI is InChI=1S/C17H23N3O/c1-13-5-3-7-16(14(13)2)19-9-11-20(12-10-19)17(21)15-6-4-8-18-15/h3-7,15,18H,8-12H2,1-2H3. The summed E-state index contributed by atoms with van der Waals surface area (Å²) in [6.45, 7) is 8.56. The molecular weight excluding hydrogens is 262 g/mol. The molecule has 0 spiro atoms. The predicted octanol–water partition coefficient (Wildman–Crippen LogP) is 1.48. The third kappa shape index (κ3) is 2.81. The summed E-state index contributed by atoms with van der Waals surface area (Å²) in [7, 11) is 0. The third-order valence-corrected chi connectivity index (χ3v) is 4.56. The Labute approximate surface area is 126 Å². The molecule has 21 heavy (non-hydrogen) atoms. The molecule has 0 radical (unpaired) electrons. The van der Waals surface area contributed by atoms with E-state index >= 15 is 0 Å². The lowest BCUT2D eigenvalue weighted by atomic mass is 10.1. The number of anilines is 1. The van der Waals surface area contributed by atoms with E-state index < -0.39 is 0 Å². The highest BCUT2D eigenvalue weighted by molar-refractivity contribution is 5.84. The van der Waals surface area contributed by atoms with Gasteiger partial charge in [0.1, 0.15) is 6.04 Å². The van der Waals surface area contributed by atoms with Crippen LogP contribution in [0.15, 0.2) is 30.4 Å². The molecule has 2 aliphatic heterocycles. The molecule has 0 saturated carbocycles. The molecule has 0 aliphatic carbocycles. The van der Waals surface area contributed by atoms with E-state index in [1.54, 1.807) is 0 Å². The Morgan fingerprint density at radius 3 is 2.62 bits per heavy atom. The number of carbonyl (C=O) groups excluding carboxylic acids is 1. The van der Waals surface area contributed by atoms with Crippen LogP contribution in [-0.2, 0) is 4.79 Å². The molecule has 3 rings (SSSR count). The molecule has 1 N–H and O–H groups in total. The second kappa shape index (κ2) is 5.90. The number of nitrogens with zero attached hydrogens (tertiary/aromatic N) is 2. The van der Waals surface area contributed by atoms with E-state index in [0.717, 1.165) is 32.7 Å². The monoisotopic (exact) mass is 285 g/mol. The van der Waals surface area contributed by atoms with Crippen LogP contribution < -0.4 is 10.2 Å². The second-order valence-corrected chi connectivity index (χ2v) is 5.85. The maximum Gasteiger partial charge on any atom is 0.243 e. The van der Waals surface area contributed by atoms with E-state index in [9.17, 15) is 4.79 Å². The zero-order chi connectivity index (χ0) is 14.8. The zero-order valence-electron chi connectivity index (χ0n) is 12.8. The van der Waals surface area contributed by atoms with Gasteiger partial charge in [-0.15, -0.1) is 0 Å². The molecule has 0 bridgehead atoms. The van der Waals surface area contributed by atoms with Crippen molar-refractivity contribution in [3.05, 3.63) is 41.5 Å². The van der Waals surface area contributed by atoms with Crippen LogP contribution in [0, 0.1) is 13.8 Å². The predicted molar refractivity (Wildman–Crippen MR) is 85.6 cm³/mol. The molecule has 1 saturated heterocycles. The van der Waals surface area contributed by atoms with Gasteiger partial charge in [0, 0.05) is 38.4 Å². The van der Waals surface area contributed by atoms with Gasteiger partial charge in [0.2, 0.25) is 5.91 Å². The number of aryl methyl sites for hydroxylation is 1. The van der Waals surface area contributed by atoms with Crippen molar-refractivity contribution >= 4 is 11.6 Å². The van der Waals surface area contributed by atoms with Crippen LogP contribution in [0.5, 0.6) is 0 Å². The second-order valence-electron chi connectivity index (χ2n) is 5.85. The van der Waals surface area contributed by atoms with Gasteiger partial charge in [-0.1, -0.05) is 24.3 Å². The Hall–Kier alpha value is -1.81. The molecule has 1 aromatic rings. The number of carbonyl (C=O) groups is 1. The Bertz CT molecular complexity index is 559. The van der Waals surface area contributed by atoms with E-state index in [0.29, 0.717) is 0 Å². The average molecular weight is 285 g/mol. The van der Waals surface area contributed by atoms with Crippen LogP contribution in [0.4, 0.5) is 5.69 Å². The SMILES string of the molecule is Cc1cccc(N2CCN(C(=O)C3C=CCN3)CC2)c1C. The minimum absolute atomic E-state index is 0.114. The fourth-order valence-corrected chi connectivity index (χ4v) is 3.08. The van der Waals surface area contributed by atoms with Gasteiger partial charge in [-0.05, 0) is 31.0 Å². The summed E-state index contributed by atoms with van der Waals surface area (Å²) >= 11 is 0. The van der Waals surface area contributed by atoms with Crippen LogP contribution in [0.3, 0.4) is 0 Å². The maximum atomic E-state index is 12.4. The van der Waals surface area contributed by atoms with Gasteiger partial charge in [-0.3, -0.25) is 10.1 Å². The van der Waals surface area contributed by atoms with Crippen molar-refractivity contribution in [2.45, 2.75) is 19.9 Å². The van der Waals surface area contributed by atoms with Crippen molar-refractivity contribution in [1.29, 1.82) is 0 Å². The number of benzene rings is 1. The maximum absolute atomic E-state index is 12.4. The summed E-state index contributed by atoms with van der Waals surface area (Å²) in [5.41, 5.74) is 3.98. The van der Waals surface area contributed by atoms with E-state index in [1.807, 2.05) is 17.1 Å². The van der Waals surface area contributed by atoms with Gasteiger partial charge in [-0.2, -0.15) is 0 Å². The molecule has 0 aromatic heterocycles. The molecule has 1 atom stereocenters. The first-order valence-electron chi connectivity index (χ1n) is 7.67. The van der Waals surface area contributed by atoms with Crippen molar-refractivity contribution in [3.63, 3.8) is 0 Å². The van der Waals surface area contributed by atoms with Gasteiger partial charge in [0.25, 0.3) is 0 Å². The fraction of sp³-hybridized carbons (Fsp3) is 0.471. The molecule has 1 amide bonds. The number of amides is 1. The largest absolute Gasteiger partial charge is 0.368 e. The topological polar surface area (TPSA) is 35.6 Å². The molecule has 2 heterocycles. The third-order valence-electron chi connectivity index (χ3n) is 4.56. The van der Waals surface area contributed by atoms with Crippen molar-refractivity contribution in [2.24, 2.45) is 0 Å². The summed E-state index contributed by atoms with van der Waals surface area (Å²) in [5.74, 6) is 0.212. The lowest BCUT2D eigenvalue weighted by molar-refractivity contribution is -0.132. The summed E-state index contributed by atoms with van der Waals surface area (Å²) in [6.07, 6.45) is 3.99. The van der Waals surface area contributed by atoms with Crippen LogP contribution in [-0.4, -0.2) is 49.6 Å². The summed E-state index contributed by atoms with van der Waals surface area (Å²) < 4.78 is 0. The smallest absolute Gasteiger partial charge is 0.243 e. The van der Waals surface area contributed by atoms with Gasteiger partial charge >= 0.3 is 0 Å². The first-order chi connectivity index (χ1) is 10.2. The molecular formula is C17H23N3O. The van der Waals surface area contributed by atoms with Crippen LogP contribution in [0.2, 0.25) is 0 Å². The van der Waals surface area contributed by atoms with Crippen molar-refractivity contribution < 1.29 is 4.79 Å². The van der Waals surface area contributed by atoms with Gasteiger partial charge in [-0.25, -0.2) is 0 Å². The first kappa shape index (κ1) is 14.1. The Kier molecular flexibility index (Phi) is 3.97. The van der Waals surface area contributed by atoms with E-state index in [-0.39, 0.29) is 11.9 Å². The summed E-state index contributed by atoms with van der Waals surface area (Å²) in [6, 6.07) is 6.33. The average Bonchev–Trinajstić information content (AvgIpc) is 3.04. The number of hydrogen-bond acceptors (Lipinski definition) is 3. The lowest BCUT2D eigenvalue weighted by Crippen LogP contribution is -2.53. The highest BCUT2D eigenvalue weighted by Crippen LogP contribution is 2.24. The highest BCUT2D eigenvalue weighted by atomic mass is 16.2. The van der Waals surface area contributed by atoms with Gasteiger partial charge in [0.05, 0.1) is 0 Å². The number of rotatable bonds is 2. The number of hydrogen-bond donors (Lipinski definition) is 1. The van der Waals surface area contributed by atoms with Crippen molar-refractivity contribution in [2.75, 3.05) is 37.6 Å². The van der Waals surface area contributed by atoms with E-state index in [2.05, 4.69) is 42.3 Å². The Morgan fingerprint density at radius 2 is 1.95 bits per heavy atom. The van der Waals surface area contributed by atoms with Gasteiger partial charge in [0.15, 0.2) is 0 Å². The minimum atomic E-state index is -0.114. The summed E-state index contributed by atoms with van der Waals surface area (Å²) in [5, 5.41) is 3.20. The summed E-state index contributed by atoms with van der Waals surface area (Å²) in [4.78, 5) is 16.7. The quantitative estimate of drug-likeness (QED) is 0.836. The molecule has 2 aliphatic rings.